The Labute approximate surface area is 147 Å². The Bertz CT molecular complexity index is 938. The van der Waals surface area contributed by atoms with Crippen molar-refractivity contribution in [2.45, 2.75) is 0 Å². The third kappa shape index (κ3) is 3.17. The van der Waals surface area contributed by atoms with Crippen molar-refractivity contribution < 1.29 is 4.57 Å². The van der Waals surface area contributed by atoms with Crippen LogP contribution in [0.1, 0.15) is 0 Å². The zero-order valence-corrected chi connectivity index (χ0v) is 14.0. The van der Waals surface area contributed by atoms with Crippen molar-refractivity contribution in [2.24, 2.45) is 7.05 Å². The molecule has 1 aromatic carbocycles. The Balaban J connectivity index is 1.94. The summed E-state index contributed by atoms with van der Waals surface area (Å²) in [4.78, 5) is 9.35. The molecule has 0 bridgehead atoms. The fourth-order valence-corrected chi connectivity index (χ4v) is 2.89. The van der Waals surface area contributed by atoms with Gasteiger partial charge in [-0.2, -0.15) is 4.57 Å². The van der Waals surface area contributed by atoms with E-state index in [0.717, 1.165) is 28.3 Å². The van der Waals surface area contributed by atoms with Gasteiger partial charge in [-0.15, -0.1) is 0 Å². The highest BCUT2D eigenvalue weighted by molar-refractivity contribution is 5.74. The molecule has 0 saturated heterocycles. The van der Waals surface area contributed by atoms with E-state index in [4.69, 9.17) is 4.98 Å². The molecule has 0 amide bonds. The van der Waals surface area contributed by atoms with Gasteiger partial charge >= 0.3 is 0 Å². The maximum Gasteiger partial charge on any atom is 0.230 e. The van der Waals surface area contributed by atoms with Crippen LogP contribution in [0.4, 0.5) is 0 Å². The summed E-state index contributed by atoms with van der Waals surface area (Å²) in [5, 5.41) is 0. The first-order valence-corrected chi connectivity index (χ1v) is 8.25. The number of benzene rings is 1. The van der Waals surface area contributed by atoms with Crippen LogP contribution in [0.3, 0.4) is 0 Å². The zero-order valence-electron chi connectivity index (χ0n) is 14.0. The molecule has 0 aliphatic heterocycles. The van der Waals surface area contributed by atoms with Gasteiger partial charge < -0.3 is 0 Å². The van der Waals surface area contributed by atoms with Gasteiger partial charge in [-0.25, -0.2) is 4.98 Å². The van der Waals surface area contributed by atoms with Crippen molar-refractivity contribution in [3.8, 4) is 33.9 Å². The van der Waals surface area contributed by atoms with E-state index in [-0.39, 0.29) is 0 Å². The van der Waals surface area contributed by atoms with Gasteiger partial charge in [-0.1, -0.05) is 36.4 Å². The first-order chi connectivity index (χ1) is 12.3. The summed E-state index contributed by atoms with van der Waals surface area (Å²) >= 11 is 0. The third-order valence-corrected chi connectivity index (χ3v) is 4.18. The van der Waals surface area contributed by atoms with Crippen LogP contribution in [-0.4, -0.2) is 9.97 Å². The van der Waals surface area contributed by atoms with Gasteiger partial charge in [0.05, 0.1) is 11.4 Å². The molecule has 3 heteroatoms. The smallest absolute Gasteiger partial charge is 0.230 e. The summed E-state index contributed by atoms with van der Waals surface area (Å²) in [5.41, 5.74) is 6.06. The molecule has 25 heavy (non-hydrogen) atoms. The van der Waals surface area contributed by atoms with Crippen LogP contribution < -0.4 is 4.57 Å². The lowest BCUT2D eigenvalue weighted by atomic mass is 10.0. The number of aryl methyl sites for hydroxylation is 1. The molecule has 0 saturated carbocycles. The van der Waals surface area contributed by atoms with Crippen LogP contribution >= 0.6 is 0 Å². The van der Waals surface area contributed by atoms with E-state index < -0.39 is 0 Å². The lowest BCUT2D eigenvalue weighted by Crippen LogP contribution is -2.30. The number of aromatic nitrogens is 3. The predicted octanol–water partition coefficient (Wildman–Crippen LogP) is 4.30. The molecule has 0 atom stereocenters. The number of hydrogen-bond donors (Lipinski definition) is 0. The molecule has 3 aromatic heterocycles. The van der Waals surface area contributed by atoms with Crippen LogP contribution in [0.25, 0.3) is 33.9 Å². The molecule has 0 radical (unpaired) electrons. The SMILES string of the molecule is C[n+]1ccccc1-c1cc(-c2ccccc2)cc(-c2ccccn2)n1. The molecule has 0 spiro atoms. The van der Waals surface area contributed by atoms with Gasteiger partial charge in [0.2, 0.25) is 5.69 Å². The van der Waals surface area contributed by atoms with E-state index in [1.165, 1.54) is 5.56 Å². The van der Waals surface area contributed by atoms with E-state index in [2.05, 4.69) is 52.0 Å². The van der Waals surface area contributed by atoms with Crippen LogP contribution in [0.5, 0.6) is 0 Å². The van der Waals surface area contributed by atoms with Gasteiger partial charge in [0.1, 0.15) is 12.7 Å². The first-order valence-electron chi connectivity index (χ1n) is 8.25. The van der Waals surface area contributed by atoms with Crippen LogP contribution in [0, 0.1) is 0 Å². The average molecular weight is 324 g/mol. The second-order valence-corrected chi connectivity index (χ2v) is 5.90. The Morgan fingerprint density at radius 3 is 2.20 bits per heavy atom. The van der Waals surface area contributed by atoms with Gasteiger partial charge in [0.25, 0.3) is 0 Å². The summed E-state index contributed by atoms with van der Waals surface area (Å²) in [5.74, 6) is 0. The molecule has 3 heterocycles. The second kappa shape index (κ2) is 6.65. The van der Waals surface area contributed by atoms with E-state index in [9.17, 15) is 0 Å². The molecule has 120 valence electrons. The zero-order chi connectivity index (χ0) is 17.1. The fourth-order valence-electron chi connectivity index (χ4n) is 2.89. The largest absolute Gasteiger partial charge is 0.255 e. The number of hydrogen-bond acceptors (Lipinski definition) is 2. The van der Waals surface area contributed by atoms with E-state index in [0.29, 0.717) is 0 Å². The monoisotopic (exact) mass is 324 g/mol. The Hall–Kier alpha value is -3.33. The minimum absolute atomic E-state index is 0.875. The number of rotatable bonds is 3. The highest BCUT2D eigenvalue weighted by Gasteiger charge is 2.14. The van der Waals surface area contributed by atoms with Crippen molar-refractivity contribution in [3.63, 3.8) is 0 Å². The number of pyridine rings is 3. The normalized spacial score (nSPS) is 10.6. The molecule has 0 aliphatic rings. The molecule has 3 nitrogen and oxygen atoms in total. The van der Waals surface area contributed by atoms with Crippen molar-refractivity contribution in [2.75, 3.05) is 0 Å². The average Bonchev–Trinajstić information content (AvgIpc) is 2.69. The summed E-state index contributed by atoms with van der Waals surface area (Å²) in [6.45, 7) is 0. The van der Waals surface area contributed by atoms with Gasteiger partial charge in [-0.05, 0) is 41.5 Å². The van der Waals surface area contributed by atoms with Crippen molar-refractivity contribution >= 4 is 0 Å². The molecule has 0 N–H and O–H groups in total. The van der Waals surface area contributed by atoms with Gasteiger partial charge in [-0.3, -0.25) is 4.98 Å². The maximum atomic E-state index is 4.88. The van der Waals surface area contributed by atoms with Crippen LogP contribution in [-0.2, 0) is 7.05 Å². The highest BCUT2D eigenvalue weighted by Crippen LogP contribution is 2.28. The highest BCUT2D eigenvalue weighted by atomic mass is 14.9. The quantitative estimate of drug-likeness (QED) is 0.526. The molecule has 0 aliphatic carbocycles. The summed E-state index contributed by atoms with van der Waals surface area (Å²) in [7, 11) is 2.03. The minimum atomic E-state index is 0.875. The lowest BCUT2D eigenvalue weighted by molar-refractivity contribution is -0.660. The Kier molecular flexibility index (Phi) is 4.05. The van der Waals surface area contributed by atoms with Gasteiger partial charge in [0.15, 0.2) is 6.20 Å². The summed E-state index contributed by atoms with van der Waals surface area (Å²) < 4.78 is 2.08. The third-order valence-electron chi connectivity index (χ3n) is 4.18. The second-order valence-electron chi connectivity index (χ2n) is 5.90. The number of nitrogens with zero attached hydrogens (tertiary/aromatic N) is 3. The molecule has 4 aromatic rings. The summed E-state index contributed by atoms with van der Waals surface area (Å²) in [6.07, 6.45) is 3.83. The van der Waals surface area contributed by atoms with E-state index in [1.54, 1.807) is 6.20 Å². The van der Waals surface area contributed by atoms with Gasteiger partial charge in [0, 0.05) is 18.3 Å². The molecular weight excluding hydrogens is 306 g/mol. The van der Waals surface area contributed by atoms with Crippen molar-refractivity contribution in [1.29, 1.82) is 0 Å². The Morgan fingerprint density at radius 2 is 1.44 bits per heavy atom. The lowest BCUT2D eigenvalue weighted by Gasteiger charge is -2.08. The van der Waals surface area contributed by atoms with Crippen LogP contribution in [0.2, 0.25) is 0 Å². The molecule has 0 unspecified atom stereocenters. The minimum Gasteiger partial charge on any atom is -0.255 e. The van der Waals surface area contributed by atoms with E-state index in [1.807, 2.05) is 49.6 Å². The molecule has 0 fully saturated rings. The van der Waals surface area contributed by atoms with E-state index >= 15 is 0 Å². The van der Waals surface area contributed by atoms with Crippen molar-refractivity contribution in [1.82, 2.24) is 9.97 Å². The summed E-state index contributed by atoms with van der Waals surface area (Å²) in [6, 6.07) is 26.6. The molecule has 4 rings (SSSR count). The maximum absolute atomic E-state index is 4.88. The standard InChI is InChI=1S/C22H18N3/c1-25-14-8-6-12-22(25)21-16-18(17-9-3-2-4-10-17)15-20(24-21)19-11-5-7-13-23-19/h2-16H,1H3/q+1. The Morgan fingerprint density at radius 1 is 0.680 bits per heavy atom. The van der Waals surface area contributed by atoms with Crippen molar-refractivity contribution in [3.05, 3.63) is 91.3 Å². The topological polar surface area (TPSA) is 29.7 Å². The first kappa shape index (κ1) is 15.2. The van der Waals surface area contributed by atoms with Crippen LogP contribution in [0.15, 0.2) is 91.3 Å². The fraction of sp³-hybridized carbons (Fsp3) is 0.0455. The predicted molar refractivity (Wildman–Crippen MR) is 99.5 cm³/mol. The molecular formula is C22H18N3+.